The van der Waals surface area contributed by atoms with Gasteiger partial charge in [-0.05, 0) is 18.6 Å². The lowest BCUT2D eigenvalue weighted by Crippen LogP contribution is -2.27. The highest BCUT2D eigenvalue weighted by Crippen LogP contribution is 1.97. The van der Waals surface area contributed by atoms with Crippen LogP contribution in [0.3, 0.4) is 0 Å². The molecule has 0 atom stereocenters. The van der Waals surface area contributed by atoms with E-state index in [0.29, 0.717) is 13.0 Å². The first kappa shape index (κ1) is 12.7. The van der Waals surface area contributed by atoms with E-state index in [2.05, 4.69) is 5.10 Å². The SMILES string of the molecule is O=S(=O)(O)CCCn1c[n+](-c2ccccc2)cn1. The second-order valence-corrected chi connectivity index (χ2v) is 5.46. The molecule has 1 N–H and O–H groups in total. The number of aryl methyl sites for hydroxylation is 1. The second-order valence-electron chi connectivity index (χ2n) is 3.89. The zero-order valence-electron chi connectivity index (χ0n) is 9.68. The van der Waals surface area contributed by atoms with E-state index in [4.69, 9.17) is 4.55 Å². The van der Waals surface area contributed by atoms with Crippen LogP contribution in [0.4, 0.5) is 0 Å². The van der Waals surface area contributed by atoms with Crippen molar-refractivity contribution >= 4 is 10.1 Å². The maximum absolute atomic E-state index is 10.6. The molecular formula is C11H14N3O3S+. The highest BCUT2D eigenvalue weighted by molar-refractivity contribution is 7.85. The Labute approximate surface area is 105 Å². The molecule has 0 fully saturated rings. The predicted molar refractivity (Wildman–Crippen MR) is 64.8 cm³/mol. The molecule has 7 heteroatoms. The van der Waals surface area contributed by atoms with Crippen LogP contribution in [0.2, 0.25) is 0 Å². The van der Waals surface area contributed by atoms with Gasteiger partial charge in [0, 0.05) is 5.10 Å². The first-order valence-corrected chi connectivity index (χ1v) is 7.10. The van der Waals surface area contributed by atoms with E-state index in [1.807, 2.05) is 34.9 Å². The van der Waals surface area contributed by atoms with E-state index >= 15 is 0 Å². The molecular weight excluding hydrogens is 254 g/mol. The molecule has 0 aliphatic rings. The molecule has 1 aromatic heterocycles. The van der Waals surface area contributed by atoms with Crippen LogP contribution in [0.25, 0.3) is 5.69 Å². The topological polar surface area (TPSA) is 76.1 Å². The Kier molecular flexibility index (Phi) is 3.73. The predicted octanol–water partition coefficient (Wildman–Crippen LogP) is 0.438. The Bertz CT molecular complexity index is 607. The molecule has 0 unspecified atom stereocenters. The number of hydrogen-bond donors (Lipinski definition) is 1. The van der Waals surface area contributed by atoms with E-state index in [0.717, 1.165) is 5.69 Å². The van der Waals surface area contributed by atoms with E-state index in [-0.39, 0.29) is 5.75 Å². The smallest absolute Gasteiger partial charge is 0.270 e. The van der Waals surface area contributed by atoms with Gasteiger partial charge in [0.1, 0.15) is 12.2 Å². The summed E-state index contributed by atoms with van der Waals surface area (Å²) in [6.07, 6.45) is 3.76. The lowest BCUT2D eigenvalue weighted by atomic mass is 10.3. The van der Waals surface area contributed by atoms with Gasteiger partial charge in [0.05, 0.1) is 5.75 Å². The van der Waals surface area contributed by atoms with Gasteiger partial charge in [0.25, 0.3) is 16.4 Å². The van der Waals surface area contributed by atoms with E-state index in [1.165, 1.54) is 0 Å². The molecule has 0 saturated carbocycles. The fraction of sp³-hybridized carbons (Fsp3) is 0.273. The molecule has 0 bridgehead atoms. The minimum Gasteiger partial charge on any atom is -0.286 e. The molecule has 0 aliphatic heterocycles. The van der Waals surface area contributed by atoms with Gasteiger partial charge in [-0.1, -0.05) is 18.2 Å². The number of rotatable bonds is 5. The minimum absolute atomic E-state index is 0.252. The molecule has 1 heterocycles. The van der Waals surface area contributed by atoms with Crippen LogP contribution in [0.5, 0.6) is 0 Å². The summed E-state index contributed by atoms with van der Waals surface area (Å²) in [6.45, 7) is 0.444. The molecule has 0 aliphatic carbocycles. The van der Waals surface area contributed by atoms with Crippen LogP contribution >= 0.6 is 0 Å². The first-order chi connectivity index (χ1) is 8.54. The standard InChI is InChI=1S/C11H13N3O3S/c15-18(16,17)8-4-7-14-10-13(9-12-14)11-5-2-1-3-6-11/h1-3,5-6,9-10H,4,7-8H2/p+1. The summed E-state index contributed by atoms with van der Waals surface area (Å²) in [5.41, 5.74) is 0.985. The summed E-state index contributed by atoms with van der Waals surface area (Å²) in [5, 5.41) is 4.12. The van der Waals surface area contributed by atoms with Gasteiger partial charge in [-0.25, -0.2) is 4.57 Å². The van der Waals surface area contributed by atoms with Gasteiger partial charge in [-0.2, -0.15) is 8.42 Å². The quantitative estimate of drug-likeness (QED) is 0.630. The van der Waals surface area contributed by atoms with Crippen molar-refractivity contribution in [2.24, 2.45) is 0 Å². The first-order valence-electron chi connectivity index (χ1n) is 5.49. The third-order valence-corrected chi connectivity index (χ3v) is 3.23. The second kappa shape index (κ2) is 5.28. The summed E-state index contributed by atoms with van der Waals surface area (Å²) in [7, 11) is -3.89. The largest absolute Gasteiger partial charge is 0.286 e. The number of para-hydroxylation sites is 1. The number of benzene rings is 1. The summed E-state index contributed by atoms with van der Waals surface area (Å²) in [5.74, 6) is -0.252. The van der Waals surface area contributed by atoms with Crippen LogP contribution in [0, 0.1) is 0 Å². The Morgan fingerprint density at radius 2 is 2.00 bits per heavy atom. The van der Waals surface area contributed by atoms with Crippen molar-refractivity contribution in [1.82, 2.24) is 9.78 Å². The molecule has 6 nitrogen and oxygen atoms in total. The fourth-order valence-electron chi connectivity index (χ4n) is 1.58. The van der Waals surface area contributed by atoms with E-state index in [1.54, 1.807) is 17.3 Å². The van der Waals surface area contributed by atoms with Crippen LogP contribution in [-0.4, -0.2) is 28.5 Å². The summed E-state index contributed by atoms with van der Waals surface area (Å²) < 4.78 is 33.2. The monoisotopic (exact) mass is 268 g/mol. The van der Waals surface area contributed by atoms with Gasteiger partial charge < -0.3 is 0 Å². The number of aromatic nitrogens is 3. The molecule has 1 aromatic carbocycles. The van der Waals surface area contributed by atoms with Crippen molar-refractivity contribution in [3.8, 4) is 5.69 Å². The third-order valence-electron chi connectivity index (χ3n) is 2.43. The van der Waals surface area contributed by atoms with Crippen LogP contribution < -0.4 is 4.57 Å². The lowest BCUT2D eigenvalue weighted by Gasteiger charge is -1.94. The zero-order chi connectivity index (χ0) is 13.0. The molecule has 0 saturated heterocycles. The van der Waals surface area contributed by atoms with Gasteiger partial charge in [0.2, 0.25) is 6.33 Å². The minimum atomic E-state index is -3.89. The maximum atomic E-state index is 10.6. The molecule has 0 radical (unpaired) electrons. The lowest BCUT2D eigenvalue weighted by molar-refractivity contribution is -0.596. The average Bonchev–Trinajstić information content (AvgIpc) is 2.77. The number of hydrogen-bond acceptors (Lipinski definition) is 3. The van der Waals surface area contributed by atoms with Crippen molar-refractivity contribution in [1.29, 1.82) is 0 Å². The van der Waals surface area contributed by atoms with Crippen LogP contribution in [0.15, 0.2) is 43.0 Å². The molecule has 0 spiro atoms. The highest BCUT2D eigenvalue weighted by atomic mass is 32.2. The summed E-state index contributed by atoms with van der Waals surface area (Å²) in [4.78, 5) is 0. The summed E-state index contributed by atoms with van der Waals surface area (Å²) >= 11 is 0. The van der Waals surface area contributed by atoms with Crippen LogP contribution in [-0.2, 0) is 16.7 Å². The third kappa shape index (κ3) is 3.64. The molecule has 2 rings (SSSR count). The van der Waals surface area contributed by atoms with Crippen molar-refractivity contribution in [3.63, 3.8) is 0 Å². The zero-order valence-corrected chi connectivity index (χ0v) is 10.5. The molecule has 0 amide bonds. The van der Waals surface area contributed by atoms with Gasteiger partial charge in [-0.3, -0.25) is 4.55 Å². The van der Waals surface area contributed by atoms with Gasteiger partial charge in [0.15, 0.2) is 0 Å². The average molecular weight is 268 g/mol. The molecule has 18 heavy (non-hydrogen) atoms. The van der Waals surface area contributed by atoms with E-state index < -0.39 is 10.1 Å². The van der Waals surface area contributed by atoms with Gasteiger partial charge >= 0.3 is 0 Å². The summed E-state index contributed by atoms with van der Waals surface area (Å²) in [6, 6.07) is 9.69. The fourth-order valence-corrected chi connectivity index (χ4v) is 2.08. The van der Waals surface area contributed by atoms with Crippen molar-refractivity contribution < 1.29 is 17.5 Å². The van der Waals surface area contributed by atoms with Crippen molar-refractivity contribution in [2.45, 2.75) is 13.0 Å². The van der Waals surface area contributed by atoms with Crippen LogP contribution in [0.1, 0.15) is 6.42 Å². The molecule has 96 valence electrons. The Morgan fingerprint density at radius 1 is 1.28 bits per heavy atom. The van der Waals surface area contributed by atoms with Crippen molar-refractivity contribution in [2.75, 3.05) is 5.75 Å². The normalized spacial score (nSPS) is 11.6. The highest BCUT2D eigenvalue weighted by Gasteiger charge is 2.09. The Balaban J connectivity index is 1.99. The molecule has 2 aromatic rings. The Hall–Kier alpha value is -1.73. The van der Waals surface area contributed by atoms with E-state index in [9.17, 15) is 8.42 Å². The Morgan fingerprint density at radius 3 is 2.67 bits per heavy atom. The number of nitrogens with zero attached hydrogens (tertiary/aromatic N) is 3. The van der Waals surface area contributed by atoms with Crippen molar-refractivity contribution in [3.05, 3.63) is 43.0 Å². The maximum Gasteiger partial charge on any atom is 0.270 e. The van der Waals surface area contributed by atoms with Gasteiger partial charge in [-0.15, -0.1) is 4.68 Å².